The standard InChI is InChI=1S/C2H2O4S2.2Na/c3-1(4)7-8-2(5)6;;/h(H,3,4)(H,5,6);;/q;2*+1/p-2. The van der Waals surface area contributed by atoms with Crippen molar-refractivity contribution in [3.8, 4) is 0 Å². The first-order valence-corrected chi connectivity index (χ1v) is 3.54. The second-order valence-corrected chi connectivity index (χ2v) is 2.67. The number of carboxylic acid groups (broad SMARTS) is 2. The van der Waals surface area contributed by atoms with E-state index in [-0.39, 0.29) is 80.7 Å². The average Bonchev–Trinajstić information content (AvgIpc) is 1.61. The number of hydrogen-bond donors (Lipinski definition) is 0. The van der Waals surface area contributed by atoms with Gasteiger partial charge in [-0.2, -0.15) is 0 Å². The Kier molecular flexibility index (Phi) is 18.8. The zero-order valence-electron chi connectivity index (χ0n) is 5.45. The fraction of sp³-hybridized carbons (Fsp3) is 0. The molecule has 0 amide bonds. The van der Waals surface area contributed by atoms with Gasteiger partial charge >= 0.3 is 59.1 Å². The van der Waals surface area contributed by atoms with Crippen LogP contribution in [0.3, 0.4) is 0 Å². The molecule has 46 valence electrons. The summed E-state index contributed by atoms with van der Waals surface area (Å²) in [4.78, 5) is 18.9. The van der Waals surface area contributed by atoms with Crippen molar-refractivity contribution in [1.29, 1.82) is 0 Å². The molecule has 0 unspecified atom stereocenters. The van der Waals surface area contributed by atoms with Crippen molar-refractivity contribution in [2.75, 3.05) is 0 Å². The van der Waals surface area contributed by atoms with Crippen LogP contribution in [0.15, 0.2) is 0 Å². The summed E-state index contributed by atoms with van der Waals surface area (Å²) in [6.45, 7) is 0. The molecule has 4 nitrogen and oxygen atoms in total. The molecule has 0 spiro atoms. The predicted octanol–water partition coefficient (Wildman–Crippen LogP) is -6.94. The minimum atomic E-state index is -1.49. The van der Waals surface area contributed by atoms with Gasteiger partial charge in [0.2, 0.25) is 0 Å². The first kappa shape index (κ1) is 17.7. The normalized spacial score (nSPS) is 6.80. The van der Waals surface area contributed by atoms with Crippen LogP contribution in [0.2, 0.25) is 0 Å². The Balaban J connectivity index is -0.000000245. The Labute approximate surface area is 109 Å². The second-order valence-electron chi connectivity index (χ2n) is 0.667. The van der Waals surface area contributed by atoms with E-state index < -0.39 is 10.6 Å². The molecule has 0 aliphatic heterocycles. The van der Waals surface area contributed by atoms with E-state index in [1.807, 2.05) is 0 Å². The Morgan fingerprint density at radius 1 is 0.900 bits per heavy atom. The SMILES string of the molecule is O=C([O-])SSC(=O)[O-].[Na+].[Na+]. The maximum atomic E-state index is 9.44. The Morgan fingerprint density at radius 3 is 1.20 bits per heavy atom. The molecule has 0 saturated carbocycles. The van der Waals surface area contributed by atoms with Crippen LogP contribution in [0.25, 0.3) is 0 Å². The fourth-order valence-corrected chi connectivity index (χ4v) is 0.612. The van der Waals surface area contributed by atoms with E-state index in [1.54, 1.807) is 0 Å². The van der Waals surface area contributed by atoms with Crippen LogP contribution in [0.1, 0.15) is 0 Å². The fourth-order valence-electron chi connectivity index (χ4n) is 0.0680. The van der Waals surface area contributed by atoms with Crippen LogP contribution < -0.4 is 69.3 Å². The van der Waals surface area contributed by atoms with Gasteiger partial charge in [0.05, 0.1) is 0 Å². The Morgan fingerprint density at radius 2 is 1.10 bits per heavy atom. The molecular formula is C2Na2O4S2. The van der Waals surface area contributed by atoms with E-state index in [0.29, 0.717) is 0 Å². The summed E-state index contributed by atoms with van der Waals surface area (Å²) < 4.78 is 0. The topological polar surface area (TPSA) is 80.3 Å². The summed E-state index contributed by atoms with van der Waals surface area (Å²) in [6, 6.07) is 0. The molecule has 0 atom stereocenters. The van der Waals surface area contributed by atoms with Crippen molar-refractivity contribution in [2.45, 2.75) is 0 Å². The summed E-state index contributed by atoms with van der Waals surface area (Å²) in [5.41, 5.74) is 0. The summed E-state index contributed by atoms with van der Waals surface area (Å²) in [5, 5.41) is 15.9. The van der Waals surface area contributed by atoms with E-state index in [4.69, 9.17) is 0 Å². The first-order valence-electron chi connectivity index (χ1n) is 1.39. The molecule has 0 aliphatic rings. The van der Waals surface area contributed by atoms with Gasteiger partial charge in [-0.3, -0.25) is 0 Å². The number of rotatable bonds is 0. The van der Waals surface area contributed by atoms with Crippen molar-refractivity contribution in [3.63, 3.8) is 0 Å². The zero-order valence-corrected chi connectivity index (χ0v) is 11.1. The molecule has 0 aromatic heterocycles. The molecule has 0 aliphatic carbocycles. The van der Waals surface area contributed by atoms with Gasteiger partial charge in [0.1, 0.15) is 10.6 Å². The molecule has 0 rings (SSSR count). The molecule has 0 aromatic rings. The largest absolute Gasteiger partial charge is 1.00 e. The molecule has 0 radical (unpaired) electrons. The number of carbonyl (C=O) groups is 2. The summed E-state index contributed by atoms with van der Waals surface area (Å²) in [7, 11) is 0.199. The Bertz CT molecular complexity index is 104. The van der Waals surface area contributed by atoms with Gasteiger partial charge in [0.25, 0.3) is 0 Å². The third-order valence-corrected chi connectivity index (χ3v) is 1.60. The minimum Gasteiger partial charge on any atom is -0.538 e. The van der Waals surface area contributed by atoms with E-state index in [1.165, 1.54) is 0 Å². The van der Waals surface area contributed by atoms with Gasteiger partial charge < -0.3 is 19.8 Å². The molecule has 8 heteroatoms. The minimum absolute atomic E-state index is 0. The summed E-state index contributed by atoms with van der Waals surface area (Å²) in [6.07, 6.45) is 0. The van der Waals surface area contributed by atoms with E-state index >= 15 is 0 Å². The smallest absolute Gasteiger partial charge is 0.538 e. The van der Waals surface area contributed by atoms with Gasteiger partial charge in [-0.25, -0.2) is 0 Å². The zero-order chi connectivity index (χ0) is 6.57. The molecule has 0 saturated heterocycles. The third kappa shape index (κ3) is 16.3. The van der Waals surface area contributed by atoms with Crippen molar-refractivity contribution in [3.05, 3.63) is 0 Å². The van der Waals surface area contributed by atoms with Gasteiger partial charge in [-0.1, -0.05) is 0 Å². The Hall–Kier alpha value is 1.64. The first-order chi connectivity index (χ1) is 3.63. The van der Waals surface area contributed by atoms with Gasteiger partial charge in [-0.15, -0.1) is 0 Å². The van der Waals surface area contributed by atoms with Crippen molar-refractivity contribution in [2.24, 2.45) is 0 Å². The third-order valence-electron chi connectivity index (χ3n) is 0.178. The molecule has 0 bridgehead atoms. The van der Waals surface area contributed by atoms with E-state index in [9.17, 15) is 19.8 Å². The molecule has 0 N–H and O–H groups in total. The van der Waals surface area contributed by atoms with Crippen LogP contribution in [0.4, 0.5) is 9.59 Å². The van der Waals surface area contributed by atoms with Crippen LogP contribution in [-0.2, 0) is 0 Å². The maximum absolute atomic E-state index is 9.44. The van der Waals surface area contributed by atoms with Crippen molar-refractivity contribution in [1.82, 2.24) is 0 Å². The average molecular weight is 198 g/mol. The van der Waals surface area contributed by atoms with E-state index in [0.717, 1.165) is 0 Å². The molecular weight excluding hydrogens is 198 g/mol. The molecule has 10 heavy (non-hydrogen) atoms. The van der Waals surface area contributed by atoms with Gasteiger partial charge in [0.15, 0.2) is 0 Å². The van der Waals surface area contributed by atoms with Crippen molar-refractivity contribution < 1.29 is 78.9 Å². The van der Waals surface area contributed by atoms with Crippen LogP contribution in [0, 0.1) is 0 Å². The van der Waals surface area contributed by atoms with Gasteiger partial charge in [0, 0.05) is 0 Å². The van der Waals surface area contributed by atoms with Crippen LogP contribution in [-0.4, -0.2) is 10.6 Å². The van der Waals surface area contributed by atoms with Crippen LogP contribution in [0.5, 0.6) is 0 Å². The monoisotopic (exact) mass is 198 g/mol. The van der Waals surface area contributed by atoms with E-state index in [2.05, 4.69) is 0 Å². The molecule has 0 heterocycles. The summed E-state index contributed by atoms with van der Waals surface area (Å²) in [5.74, 6) is 0. The number of carbonyl (C=O) groups excluding carboxylic acids is 2. The maximum Gasteiger partial charge on any atom is 1.00 e. The van der Waals surface area contributed by atoms with Gasteiger partial charge in [-0.05, 0) is 21.6 Å². The quantitative estimate of drug-likeness (QED) is 0.284. The molecule has 0 aromatic carbocycles. The predicted molar refractivity (Wildman–Crippen MR) is 26.0 cm³/mol. The summed E-state index contributed by atoms with van der Waals surface area (Å²) >= 11 is 0. The van der Waals surface area contributed by atoms with Crippen molar-refractivity contribution >= 4 is 32.2 Å². The van der Waals surface area contributed by atoms with Crippen LogP contribution >= 0.6 is 21.6 Å². The second kappa shape index (κ2) is 10.6. The number of hydrogen-bond acceptors (Lipinski definition) is 6. The molecule has 0 fully saturated rings.